The van der Waals surface area contributed by atoms with Crippen LogP contribution in [0, 0.1) is 0 Å². The normalized spacial score (nSPS) is 10.6. The summed E-state index contributed by atoms with van der Waals surface area (Å²) < 4.78 is 8.18. The summed E-state index contributed by atoms with van der Waals surface area (Å²) in [6.45, 7) is 1.45. The van der Waals surface area contributed by atoms with Crippen LogP contribution < -0.4 is 10.5 Å². The SMILES string of the molecule is NCc1cn(CCOc2ccc(Br)cc2Cl)nn1. The number of ether oxygens (including phenoxy) is 1. The van der Waals surface area contributed by atoms with Crippen LogP contribution in [-0.4, -0.2) is 21.6 Å². The van der Waals surface area contributed by atoms with Gasteiger partial charge in [0.2, 0.25) is 0 Å². The molecule has 7 heteroatoms. The number of halogens is 2. The quantitative estimate of drug-likeness (QED) is 0.912. The van der Waals surface area contributed by atoms with E-state index in [2.05, 4.69) is 26.2 Å². The lowest BCUT2D eigenvalue weighted by Gasteiger charge is -2.07. The fourth-order valence-electron chi connectivity index (χ4n) is 1.38. The van der Waals surface area contributed by atoms with Gasteiger partial charge in [0.1, 0.15) is 12.4 Å². The molecule has 0 radical (unpaired) electrons. The maximum absolute atomic E-state index is 6.03. The van der Waals surface area contributed by atoms with E-state index in [0.29, 0.717) is 30.5 Å². The fraction of sp³-hybridized carbons (Fsp3) is 0.273. The molecule has 0 aliphatic rings. The highest BCUT2D eigenvalue weighted by Gasteiger charge is 2.03. The zero-order chi connectivity index (χ0) is 13.0. The molecule has 0 aliphatic heterocycles. The van der Waals surface area contributed by atoms with E-state index in [1.807, 2.05) is 12.1 Å². The minimum atomic E-state index is 0.388. The minimum absolute atomic E-state index is 0.388. The van der Waals surface area contributed by atoms with Crippen molar-refractivity contribution in [1.29, 1.82) is 0 Å². The average molecular weight is 332 g/mol. The van der Waals surface area contributed by atoms with Gasteiger partial charge in [-0.3, -0.25) is 0 Å². The number of nitrogens with zero attached hydrogens (tertiary/aromatic N) is 3. The van der Waals surface area contributed by atoms with Gasteiger partial charge in [-0.05, 0) is 18.2 Å². The van der Waals surface area contributed by atoms with E-state index in [1.165, 1.54) is 0 Å². The lowest BCUT2D eigenvalue weighted by Crippen LogP contribution is -2.09. The van der Waals surface area contributed by atoms with Crippen LogP contribution in [0.3, 0.4) is 0 Å². The molecule has 0 saturated carbocycles. The first-order chi connectivity index (χ1) is 8.69. The number of rotatable bonds is 5. The van der Waals surface area contributed by atoms with Crippen molar-refractivity contribution in [3.05, 3.63) is 39.6 Å². The van der Waals surface area contributed by atoms with E-state index in [0.717, 1.165) is 10.2 Å². The number of hydrogen-bond donors (Lipinski definition) is 1. The molecule has 0 unspecified atom stereocenters. The standard InChI is InChI=1S/C11H12BrClN4O/c12-8-1-2-11(10(13)5-8)18-4-3-17-7-9(6-14)15-16-17/h1-2,5,7H,3-4,6,14H2. The Balaban J connectivity index is 1.88. The molecule has 1 aromatic heterocycles. The minimum Gasteiger partial charge on any atom is -0.490 e. The van der Waals surface area contributed by atoms with E-state index in [4.69, 9.17) is 22.1 Å². The Kier molecular flexibility index (Phi) is 4.57. The van der Waals surface area contributed by atoms with Crippen LogP contribution in [0.4, 0.5) is 0 Å². The lowest BCUT2D eigenvalue weighted by atomic mass is 10.3. The zero-order valence-corrected chi connectivity index (χ0v) is 11.9. The largest absolute Gasteiger partial charge is 0.490 e. The highest BCUT2D eigenvalue weighted by molar-refractivity contribution is 9.10. The van der Waals surface area contributed by atoms with Crippen molar-refractivity contribution in [2.45, 2.75) is 13.1 Å². The predicted octanol–water partition coefficient (Wildman–Crippen LogP) is 2.23. The topological polar surface area (TPSA) is 66.0 Å². The summed E-state index contributed by atoms with van der Waals surface area (Å²) in [5, 5.41) is 8.39. The summed E-state index contributed by atoms with van der Waals surface area (Å²) >= 11 is 9.37. The molecule has 5 nitrogen and oxygen atoms in total. The van der Waals surface area contributed by atoms with Gasteiger partial charge in [-0.1, -0.05) is 32.7 Å². The lowest BCUT2D eigenvalue weighted by molar-refractivity contribution is 0.290. The zero-order valence-electron chi connectivity index (χ0n) is 9.51. The third-order valence-corrected chi connectivity index (χ3v) is 3.06. The van der Waals surface area contributed by atoms with Gasteiger partial charge >= 0.3 is 0 Å². The first kappa shape index (κ1) is 13.3. The maximum Gasteiger partial charge on any atom is 0.138 e. The molecule has 0 amide bonds. The second kappa shape index (κ2) is 6.17. The molecule has 0 aliphatic carbocycles. The molecule has 0 fully saturated rings. The Hall–Kier alpha value is -1.11. The first-order valence-corrected chi connectivity index (χ1v) is 6.53. The highest BCUT2D eigenvalue weighted by atomic mass is 79.9. The Morgan fingerprint density at radius 2 is 2.28 bits per heavy atom. The van der Waals surface area contributed by atoms with Crippen LogP contribution in [0.1, 0.15) is 5.69 Å². The van der Waals surface area contributed by atoms with Crippen LogP contribution in [0.2, 0.25) is 5.02 Å². The predicted molar refractivity (Wildman–Crippen MR) is 72.6 cm³/mol. The number of benzene rings is 1. The van der Waals surface area contributed by atoms with Gasteiger partial charge in [-0.15, -0.1) is 5.10 Å². The molecule has 2 rings (SSSR count). The van der Waals surface area contributed by atoms with Gasteiger partial charge in [0.05, 0.1) is 17.3 Å². The smallest absolute Gasteiger partial charge is 0.138 e. The monoisotopic (exact) mass is 330 g/mol. The van der Waals surface area contributed by atoms with Gasteiger partial charge < -0.3 is 10.5 Å². The molecule has 0 bridgehead atoms. The van der Waals surface area contributed by atoms with Gasteiger partial charge in [0.15, 0.2) is 0 Å². The van der Waals surface area contributed by atoms with Crippen molar-refractivity contribution in [1.82, 2.24) is 15.0 Å². The van der Waals surface area contributed by atoms with Crippen molar-refractivity contribution < 1.29 is 4.74 Å². The Morgan fingerprint density at radius 1 is 1.44 bits per heavy atom. The maximum atomic E-state index is 6.03. The number of hydrogen-bond acceptors (Lipinski definition) is 4. The molecule has 0 saturated heterocycles. The molecule has 1 heterocycles. The van der Waals surface area contributed by atoms with E-state index < -0.39 is 0 Å². The summed E-state index contributed by atoms with van der Waals surface area (Å²) in [4.78, 5) is 0. The second-order valence-electron chi connectivity index (χ2n) is 3.60. The van der Waals surface area contributed by atoms with Crippen LogP contribution in [-0.2, 0) is 13.1 Å². The van der Waals surface area contributed by atoms with Gasteiger partial charge in [0.25, 0.3) is 0 Å². The van der Waals surface area contributed by atoms with E-state index in [1.54, 1.807) is 16.9 Å². The second-order valence-corrected chi connectivity index (χ2v) is 4.92. The van der Waals surface area contributed by atoms with Crippen molar-refractivity contribution in [3.8, 4) is 5.75 Å². The molecule has 0 spiro atoms. The molecule has 1 aromatic carbocycles. The van der Waals surface area contributed by atoms with Gasteiger partial charge in [-0.25, -0.2) is 4.68 Å². The third-order valence-electron chi connectivity index (χ3n) is 2.27. The van der Waals surface area contributed by atoms with E-state index >= 15 is 0 Å². The number of nitrogens with two attached hydrogens (primary N) is 1. The Labute approximate surface area is 118 Å². The number of aromatic nitrogens is 3. The Bertz CT molecular complexity index is 532. The summed E-state index contributed by atoms with van der Waals surface area (Å²) in [6.07, 6.45) is 1.80. The van der Waals surface area contributed by atoms with Crippen LogP contribution in [0.5, 0.6) is 5.75 Å². The van der Waals surface area contributed by atoms with Gasteiger partial charge in [0, 0.05) is 17.2 Å². The highest BCUT2D eigenvalue weighted by Crippen LogP contribution is 2.27. The summed E-state index contributed by atoms with van der Waals surface area (Å²) in [6, 6.07) is 5.49. The van der Waals surface area contributed by atoms with Crippen molar-refractivity contribution in [2.24, 2.45) is 5.73 Å². The molecular weight excluding hydrogens is 320 g/mol. The summed E-state index contributed by atoms with van der Waals surface area (Å²) in [7, 11) is 0. The van der Waals surface area contributed by atoms with Crippen molar-refractivity contribution in [3.63, 3.8) is 0 Å². The van der Waals surface area contributed by atoms with Gasteiger partial charge in [-0.2, -0.15) is 0 Å². The molecule has 18 heavy (non-hydrogen) atoms. The van der Waals surface area contributed by atoms with Crippen LogP contribution in [0.25, 0.3) is 0 Å². The molecule has 96 valence electrons. The molecular formula is C11H12BrClN4O. The molecule has 2 aromatic rings. The van der Waals surface area contributed by atoms with Crippen LogP contribution >= 0.6 is 27.5 Å². The van der Waals surface area contributed by atoms with Crippen LogP contribution in [0.15, 0.2) is 28.9 Å². The third kappa shape index (κ3) is 3.44. The van der Waals surface area contributed by atoms with Crippen molar-refractivity contribution in [2.75, 3.05) is 6.61 Å². The molecule has 0 atom stereocenters. The summed E-state index contributed by atoms with van der Waals surface area (Å²) in [5.41, 5.74) is 6.21. The average Bonchev–Trinajstić information content (AvgIpc) is 2.80. The first-order valence-electron chi connectivity index (χ1n) is 5.36. The summed E-state index contributed by atoms with van der Waals surface area (Å²) in [5.74, 6) is 0.652. The molecule has 2 N–H and O–H groups in total. The van der Waals surface area contributed by atoms with E-state index in [-0.39, 0.29) is 0 Å². The Morgan fingerprint density at radius 3 is 2.94 bits per heavy atom. The van der Waals surface area contributed by atoms with Crippen molar-refractivity contribution >= 4 is 27.5 Å². The fourth-order valence-corrected chi connectivity index (χ4v) is 2.11. The van der Waals surface area contributed by atoms with E-state index in [9.17, 15) is 0 Å².